The first-order valence-electron chi connectivity index (χ1n) is 8.33. The molecule has 1 amide bonds. The summed E-state index contributed by atoms with van der Waals surface area (Å²) in [6.07, 6.45) is 4.20. The molecular weight excluding hydrogens is 310 g/mol. The summed E-state index contributed by atoms with van der Waals surface area (Å²) in [7, 11) is 1.76. The Balaban J connectivity index is 1.94. The van der Waals surface area contributed by atoms with Crippen LogP contribution in [0.4, 0.5) is 0 Å². The van der Waals surface area contributed by atoms with Gasteiger partial charge in [-0.1, -0.05) is 6.92 Å². The van der Waals surface area contributed by atoms with E-state index in [1.165, 1.54) is 13.0 Å². The summed E-state index contributed by atoms with van der Waals surface area (Å²) in [5.74, 6) is 0.0525. The Morgan fingerprint density at radius 1 is 1.25 bits per heavy atom. The molecule has 1 aromatic heterocycles. The lowest BCUT2D eigenvalue weighted by molar-refractivity contribution is -0.136. The Hall–Kier alpha value is -2.11. The highest BCUT2D eigenvalue weighted by Crippen LogP contribution is 2.26. The SMILES string of the molecule is Cc1cc(=O)oc(C)c1C(=O)OCC(=O)N(C)C1CCC(C)CC1. The van der Waals surface area contributed by atoms with Gasteiger partial charge in [0.05, 0.1) is 0 Å². The maximum Gasteiger partial charge on any atom is 0.342 e. The van der Waals surface area contributed by atoms with Gasteiger partial charge in [0.1, 0.15) is 11.3 Å². The zero-order valence-electron chi connectivity index (χ0n) is 14.8. The molecule has 24 heavy (non-hydrogen) atoms. The standard InChI is InChI=1S/C18H25NO5/c1-11-5-7-14(8-6-11)19(4)15(20)10-23-18(22)17-12(2)9-16(21)24-13(17)3/h9,11,14H,5-8,10H2,1-4H3. The van der Waals surface area contributed by atoms with Crippen molar-refractivity contribution in [3.8, 4) is 0 Å². The zero-order valence-corrected chi connectivity index (χ0v) is 14.8. The Bertz CT molecular complexity index is 644. The highest BCUT2D eigenvalue weighted by molar-refractivity contribution is 5.93. The Labute approximate surface area is 141 Å². The molecule has 1 aliphatic carbocycles. The van der Waals surface area contributed by atoms with Crippen LogP contribution in [0.1, 0.15) is 54.3 Å². The summed E-state index contributed by atoms with van der Waals surface area (Å²) in [5.41, 5.74) is 0.177. The molecular formula is C18H25NO5. The average Bonchev–Trinajstić information content (AvgIpc) is 2.51. The smallest absolute Gasteiger partial charge is 0.342 e. The van der Waals surface area contributed by atoms with E-state index in [4.69, 9.17) is 9.15 Å². The fraction of sp³-hybridized carbons (Fsp3) is 0.611. The minimum absolute atomic E-state index is 0.201. The molecule has 0 saturated heterocycles. The van der Waals surface area contributed by atoms with Gasteiger partial charge < -0.3 is 14.1 Å². The summed E-state index contributed by atoms with van der Waals surface area (Å²) in [4.78, 5) is 37.4. The summed E-state index contributed by atoms with van der Waals surface area (Å²) >= 11 is 0. The largest absolute Gasteiger partial charge is 0.452 e. The van der Waals surface area contributed by atoms with Crippen molar-refractivity contribution in [1.29, 1.82) is 0 Å². The van der Waals surface area contributed by atoms with Crippen molar-refractivity contribution in [2.75, 3.05) is 13.7 Å². The van der Waals surface area contributed by atoms with Crippen molar-refractivity contribution in [2.45, 2.75) is 52.5 Å². The van der Waals surface area contributed by atoms with E-state index in [2.05, 4.69) is 6.92 Å². The third kappa shape index (κ3) is 4.24. The van der Waals surface area contributed by atoms with Gasteiger partial charge in [-0.2, -0.15) is 0 Å². The van der Waals surface area contributed by atoms with Crippen LogP contribution in [-0.2, 0) is 9.53 Å². The summed E-state index contributed by atoms with van der Waals surface area (Å²) in [5, 5.41) is 0. The van der Waals surface area contributed by atoms with Crippen molar-refractivity contribution in [1.82, 2.24) is 4.90 Å². The number of aryl methyl sites for hydroxylation is 2. The predicted octanol–water partition coefficient (Wildman–Crippen LogP) is 2.45. The van der Waals surface area contributed by atoms with E-state index in [-0.39, 0.29) is 29.9 Å². The van der Waals surface area contributed by atoms with Crippen LogP contribution in [0.25, 0.3) is 0 Å². The van der Waals surface area contributed by atoms with Gasteiger partial charge >= 0.3 is 11.6 Å². The van der Waals surface area contributed by atoms with Crippen LogP contribution in [0.2, 0.25) is 0 Å². The van der Waals surface area contributed by atoms with E-state index < -0.39 is 11.6 Å². The van der Waals surface area contributed by atoms with Crippen LogP contribution in [0.3, 0.4) is 0 Å². The van der Waals surface area contributed by atoms with Crippen LogP contribution in [-0.4, -0.2) is 36.5 Å². The molecule has 6 heteroatoms. The topological polar surface area (TPSA) is 76.8 Å². The Morgan fingerprint density at radius 2 is 1.88 bits per heavy atom. The maximum atomic E-state index is 12.3. The molecule has 0 spiro atoms. The monoisotopic (exact) mass is 335 g/mol. The molecule has 0 aromatic carbocycles. The van der Waals surface area contributed by atoms with Gasteiger partial charge in [0.25, 0.3) is 5.91 Å². The number of ether oxygens (including phenoxy) is 1. The fourth-order valence-electron chi connectivity index (χ4n) is 3.20. The number of rotatable bonds is 4. The molecule has 1 aromatic rings. The summed E-state index contributed by atoms with van der Waals surface area (Å²) in [6, 6.07) is 1.45. The van der Waals surface area contributed by atoms with E-state index >= 15 is 0 Å². The van der Waals surface area contributed by atoms with Crippen LogP contribution >= 0.6 is 0 Å². The Morgan fingerprint density at radius 3 is 2.46 bits per heavy atom. The lowest BCUT2D eigenvalue weighted by Gasteiger charge is -2.33. The highest BCUT2D eigenvalue weighted by Gasteiger charge is 2.26. The molecule has 1 saturated carbocycles. The number of nitrogens with zero attached hydrogens (tertiary/aromatic N) is 1. The second kappa shape index (κ2) is 7.64. The predicted molar refractivity (Wildman–Crippen MR) is 88.9 cm³/mol. The number of amides is 1. The zero-order chi connectivity index (χ0) is 17.9. The van der Waals surface area contributed by atoms with E-state index in [0.717, 1.165) is 25.7 Å². The molecule has 0 bridgehead atoms. The number of carbonyl (C=O) groups is 2. The third-order valence-electron chi connectivity index (χ3n) is 4.79. The number of likely N-dealkylation sites (N-methyl/N-ethyl adjacent to an activating group) is 1. The second-order valence-electron chi connectivity index (χ2n) is 6.67. The van der Waals surface area contributed by atoms with E-state index in [1.807, 2.05) is 0 Å². The number of carbonyl (C=O) groups excluding carboxylic acids is 2. The number of esters is 1. The minimum atomic E-state index is -0.646. The molecule has 2 rings (SSSR count). The molecule has 0 N–H and O–H groups in total. The van der Waals surface area contributed by atoms with Crippen molar-refractivity contribution in [3.05, 3.63) is 33.4 Å². The van der Waals surface area contributed by atoms with Gasteiger partial charge in [-0.05, 0) is 51.0 Å². The lowest BCUT2D eigenvalue weighted by atomic mass is 9.87. The van der Waals surface area contributed by atoms with Crippen LogP contribution < -0.4 is 5.63 Å². The molecule has 6 nitrogen and oxygen atoms in total. The van der Waals surface area contributed by atoms with Gasteiger partial charge in [-0.15, -0.1) is 0 Å². The second-order valence-corrected chi connectivity index (χ2v) is 6.67. The van der Waals surface area contributed by atoms with Gasteiger partial charge in [-0.25, -0.2) is 9.59 Å². The van der Waals surface area contributed by atoms with Crippen molar-refractivity contribution >= 4 is 11.9 Å². The third-order valence-corrected chi connectivity index (χ3v) is 4.79. The molecule has 0 aliphatic heterocycles. The van der Waals surface area contributed by atoms with Crippen LogP contribution in [0, 0.1) is 19.8 Å². The first kappa shape index (κ1) is 18.2. The molecule has 1 fully saturated rings. The first-order chi connectivity index (χ1) is 11.3. The van der Waals surface area contributed by atoms with Gasteiger partial charge in [0.15, 0.2) is 6.61 Å². The number of hydrogen-bond acceptors (Lipinski definition) is 5. The summed E-state index contributed by atoms with van der Waals surface area (Å²) in [6.45, 7) is 5.09. The van der Waals surface area contributed by atoms with Gasteiger partial charge in [0, 0.05) is 19.2 Å². The van der Waals surface area contributed by atoms with E-state index in [0.29, 0.717) is 11.5 Å². The van der Waals surface area contributed by atoms with Crippen molar-refractivity contribution in [3.63, 3.8) is 0 Å². The highest BCUT2D eigenvalue weighted by atomic mass is 16.5. The lowest BCUT2D eigenvalue weighted by Crippen LogP contribution is -2.41. The number of hydrogen-bond donors (Lipinski definition) is 0. The summed E-state index contributed by atoms with van der Waals surface area (Å²) < 4.78 is 10.1. The van der Waals surface area contributed by atoms with Crippen molar-refractivity contribution in [2.24, 2.45) is 5.92 Å². The van der Waals surface area contributed by atoms with Crippen LogP contribution in [0.5, 0.6) is 0 Å². The Kier molecular flexibility index (Phi) is 5.80. The molecule has 0 atom stereocenters. The normalized spacial score (nSPS) is 20.5. The molecule has 132 valence electrons. The molecule has 1 heterocycles. The maximum absolute atomic E-state index is 12.3. The fourth-order valence-corrected chi connectivity index (χ4v) is 3.20. The first-order valence-corrected chi connectivity index (χ1v) is 8.33. The molecule has 1 aliphatic rings. The van der Waals surface area contributed by atoms with E-state index in [9.17, 15) is 14.4 Å². The van der Waals surface area contributed by atoms with Crippen LogP contribution in [0.15, 0.2) is 15.3 Å². The average molecular weight is 335 g/mol. The molecule has 0 unspecified atom stereocenters. The quantitative estimate of drug-likeness (QED) is 0.790. The van der Waals surface area contributed by atoms with Crippen molar-refractivity contribution < 1.29 is 18.7 Å². The van der Waals surface area contributed by atoms with Gasteiger partial charge in [0.2, 0.25) is 0 Å². The van der Waals surface area contributed by atoms with Gasteiger partial charge in [-0.3, -0.25) is 4.79 Å². The minimum Gasteiger partial charge on any atom is -0.452 e. The molecule has 0 radical (unpaired) electrons. The van der Waals surface area contributed by atoms with E-state index in [1.54, 1.807) is 18.9 Å².